The average Bonchev–Trinajstić information content (AvgIpc) is 2.76. The molecule has 0 spiro atoms. The number of imide groups is 1. The van der Waals surface area contributed by atoms with Gasteiger partial charge in [0.2, 0.25) is 0 Å². The van der Waals surface area contributed by atoms with E-state index in [9.17, 15) is 9.59 Å². The zero-order valence-electron chi connectivity index (χ0n) is 16.5. The largest absolute Gasteiger partial charge is 0.493 e. The van der Waals surface area contributed by atoms with Crippen molar-refractivity contribution in [1.82, 2.24) is 5.01 Å². The molecule has 1 aliphatic rings. The Balaban J connectivity index is 1.69. The van der Waals surface area contributed by atoms with Crippen molar-refractivity contribution in [2.45, 2.75) is 13.3 Å². The van der Waals surface area contributed by atoms with Gasteiger partial charge in [0.25, 0.3) is 11.8 Å². The number of halogens is 1. The maximum Gasteiger partial charge on any atom is 0.282 e. The minimum Gasteiger partial charge on any atom is -0.493 e. The molecular formula is C23H19BrN2O4. The van der Waals surface area contributed by atoms with Gasteiger partial charge < -0.3 is 9.47 Å². The summed E-state index contributed by atoms with van der Waals surface area (Å²) in [4.78, 5) is 25.9. The summed E-state index contributed by atoms with van der Waals surface area (Å²) in [5.41, 5.74) is 1.57. The highest BCUT2D eigenvalue weighted by Gasteiger charge is 2.32. The van der Waals surface area contributed by atoms with Crippen molar-refractivity contribution in [3.05, 3.63) is 69.7 Å². The van der Waals surface area contributed by atoms with Crippen molar-refractivity contribution in [2.24, 2.45) is 5.10 Å². The van der Waals surface area contributed by atoms with Crippen molar-refractivity contribution >= 4 is 44.7 Å². The monoisotopic (exact) mass is 466 g/mol. The molecule has 0 N–H and O–H groups in total. The number of carbonyl (C=O) groups is 2. The van der Waals surface area contributed by atoms with Crippen LogP contribution in [0.15, 0.2) is 58.1 Å². The molecule has 30 heavy (non-hydrogen) atoms. The molecule has 0 unspecified atom stereocenters. The van der Waals surface area contributed by atoms with E-state index in [-0.39, 0.29) is 0 Å². The van der Waals surface area contributed by atoms with Crippen LogP contribution in [0.1, 0.15) is 39.6 Å². The van der Waals surface area contributed by atoms with Crippen LogP contribution < -0.4 is 9.47 Å². The molecule has 2 amide bonds. The minimum absolute atomic E-state index is 0.450. The van der Waals surface area contributed by atoms with Gasteiger partial charge in [-0.3, -0.25) is 9.59 Å². The first kappa shape index (κ1) is 20.1. The molecule has 0 radical (unpaired) electrons. The summed E-state index contributed by atoms with van der Waals surface area (Å²) < 4.78 is 11.8. The summed E-state index contributed by atoms with van der Waals surface area (Å²) in [7, 11) is 1.55. The standard InChI is InChI=1S/C23H19BrN2O4/c1-3-10-30-21-18(24)11-14(12-19(21)29-2)13-25-26-22(27)16-8-4-6-15-7-5-9-17(20(15)16)23(26)28/h4-9,11-13H,3,10H2,1-2H3. The summed E-state index contributed by atoms with van der Waals surface area (Å²) in [5, 5.41) is 6.63. The minimum atomic E-state index is -0.450. The Labute approximate surface area is 182 Å². The molecule has 0 fully saturated rings. The number of amides is 2. The fourth-order valence-corrected chi connectivity index (χ4v) is 3.98. The third kappa shape index (κ3) is 3.45. The van der Waals surface area contributed by atoms with E-state index in [1.54, 1.807) is 43.5 Å². The molecule has 1 heterocycles. The highest BCUT2D eigenvalue weighted by atomic mass is 79.9. The number of hydrogen-bond acceptors (Lipinski definition) is 5. The molecule has 0 saturated carbocycles. The lowest BCUT2D eigenvalue weighted by molar-refractivity contribution is 0.0616. The van der Waals surface area contributed by atoms with Crippen LogP contribution in [0, 0.1) is 0 Å². The van der Waals surface area contributed by atoms with Gasteiger partial charge in [-0.15, -0.1) is 0 Å². The molecule has 0 saturated heterocycles. The number of nitrogens with zero attached hydrogens (tertiary/aromatic N) is 2. The summed E-state index contributed by atoms with van der Waals surface area (Å²) >= 11 is 3.49. The van der Waals surface area contributed by atoms with Gasteiger partial charge >= 0.3 is 0 Å². The normalized spacial score (nSPS) is 13.4. The third-order valence-electron chi connectivity index (χ3n) is 4.77. The van der Waals surface area contributed by atoms with Crippen molar-refractivity contribution in [3.63, 3.8) is 0 Å². The summed E-state index contributed by atoms with van der Waals surface area (Å²) in [6.07, 6.45) is 2.33. The molecule has 6 nitrogen and oxygen atoms in total. The molecule has 0 atom stereocenters. The zero-order chi connectivity index (χ0) is 21.3. The SMILES string of the molecule is CCCOc1c(Br)cc(C=NN2C(=O)c3cccc4cccc(c34)C2=O)cc1OC. The molecule has 3 aromatic rings. The topological polar surface area (TPSA) is 68.2 Å². The summed E-state index contributed by atoms with van der Waals surface area (Å²) in [6, 6.07) is 14.3. The Bertz CT molecular complexity index is 1140. The Morgan fingerprint density at radius 2 is 1.73 bits per heavy atom. The number of benzene rings is 3. The van der Waals surface area contributed by atoms with E-state index in [4.69, 9.17) is 9.47 Å². The van der Waals surface area contributed by atoms with Crippen LogP contribution in [0.25, 0.3) is 10.8 Å². The first-order chi connectivity index (χ1) is 14.5. The number of hydrazone groups is 1. The van der Waals surface area contributed by atoms with Crippen molar-refractivity contribution in [2.75, 3.05) is 13.7 Å². The third-order valence-corrected chi connectivity index (χ3v) is 5.36. The summed E-state index contributed by atoms with van der Waals surface area (Å²) in [6.45, 7) is 2.58. The first-order valence-corrected chi connectivity index (χ1v) is 10.3. The number of carbonyl (C=O) groups excluding carboxylic acids is 2. The predicted octanol–water partition coefficient (Wildman–Crippen LogP) is 5.03. The highest BCUT2D eigenvalue weighted by Crippen LogP contribution is 2.36. The van der Waals surface area contributed by atoms with Crippen LogP contribution in [-0.2, 0) is 0 Å². The quantitative estimate of drug-likeness (QED) is 0.377. The lowest BCUT2D eigenvalue weighted by Gasteiger charge is -2.23. The molecular weight excluding hydrogens is 448 g/mol. The van der Waals surface area contributed by atoms with E-state index in [1.165, 1.54) is 6.21 Å². The zero-order valence-corrected chi connectivity index (χ0v) is 18.1. The number of methoxy groups -OCH3 is 1. The Morgan fingerprint density at radius 3 is 2.33 bits per heavy atom. The highest BCUT2D eigenvalue weighted by molar-refractivity contribution is 9.10. The maximum absolute atomic E-state index is 12.9. The van der Waals surface area contributed by atoms with Crippen LogP contribution >= 0.6 is 15.9 Å². The molecule has 7 heteroatoms. The van der Waals surface area contributed by atoms with Gasteiger partial charge in [0.15, 0.2) is 11.5 Å². The molecule has 0 bridgehead atoms. The van der Waals surface area contributed by atoms with E-state index < -0.39 is 11.8 Å². The number of rotatable bonds is 6. The molecule has 152 valence electrons. The molecule has 1 aliphatic heterocycles. The van der Waals surface area contributed by atoms with E-state index in [0.29, 0.717) is 44.7 Å². The number of hydrogen-bond donors (Lipinski definition) is 0. The second-order valence-corrected chi connectivity index (χ2v) is 7.61. The second kappa shape index (κ2) is 8.28. The van der Waals surface area contributed by atoms with Crippen LogP contribution in [0.2, 0.25) is 0 Å². The van der Waals surface area contributed by atoms with Gasteiger partial charge in [0.05, 0.1) is 35.5 Å². The van der Waals surface area contributed by atoms with Gasteiger partial charge in [0, 0.05) is 5.39 Å². The van der Waals surface area contributed by atoms with Gasteiger partial charge in [0.1, 0.15) is 0 Å². The van der Waals surface area contributed by atoms with Crippen LogP contribution in [0.4, 0.5) is 0 Å². The predicted molar refractivity (Wildman–Crippen MR) is 119 cm³/mol. The van der Waals surface area contributed by atoms with Crippen molar-refractivity contribution in [3.8, 4) is 11.5 Å². The Morgan fingerprint density at radius 1 is 1.07 bits per heavy atom. The van der Waals surface area contributed by atoms with E-state index in [0.717, 1.165) is 16.8 Å². The average molecular weight is 467 g/mol. The molecule has 3 aromatic carbocycles. The Kier molecular flexibility index (Phi) is 5.55. The van der Waals surface area contributed by atoms with Crippen LogP contribution in [-0.4, -0.2) is 36.8 Å². The van der Waals surface area contributed by atoms with Gasteiger partial charge in [-0.2, -0.15) is 10.1 Å². The van der Waals surface area contributed by atoms with E-state index >= 15 is 0 Å². The number of ether oxygens (including phenoxy) is 2. The molecule has 4 rings (SSSR count). The van der Waals surface area contributed by atoms with Crippen molar-refractivity contribution in [1.29, 1.82) is 0 Å². The lowest BCUT2D eigenvalue weighted by atomic mass is 9.95. The first-order valence-electron chi connectivity index (χ1n) is 9.50. The van der Waals surface area contributed by atoms with Crippen LogP contribution in [0.3, 0.4) is 0 Å². The van der Waals surface area contributed by atoms with E-state index in [1.807, 2.05) is 19.1 Å². The fourth-order valence-electron chi connectivity index (χ4n) is 3.41. The smallest absolute Gasteiger partial charge is 0.282 e. The second-order valence-electron chi connectivity index (χ2n) is 6.76. The van der Waals surface area contributed by atoms with Crippen LogP contribution in [0.5, 0.6) is 11.5 Å². The van der Waals surface area contributed by atoms with Gasteiger partial charge in [-0.25, -0.2) is 0 Å². The summed E-state index contributed by atoms with van der Waals surface area (Å²) in [5.74, 6) is 0.233. The molecule has 0 aromatic heterocycles. The fraction of sp³-hybridized carbons (Fsp3) is 0.174. The molecule has 0 aliphatic carbocycles. The lowest BCUT2D eigenvalue weighted by Crippen LogP contribution is -2.36. The van der Waals surface area contributed by atoms with Crippen molar-refractivity contribution < 1.29 is 19.1 Å². The Hall–Kier alpha value is -3.19. The van der Waals surface area contributed by atoms with E-state index in [2.05, 4.69) is 21.0 Å². The van der Waals surface area contributed by atoms with Gasteiger partial charge in [-0.1, -0.05) is 31.2 Å². The maximum atomic E-state index is 12.9. The van der Waals surface area contributed by atoms with Gasteiger partial charge in [-0.05, 0) is 57.6 Å².